The molecular formula is C25H52NO5P. The van der Waals surface area contributed by atoms with Crippen molar-refractivity contribution in [1.82, 2.24) is 0 Å². The van der Waals surface area contributed by atoms with Crippen LogP contribution in [-0.2, 0) is 18.3 Å². The van der Waals surface area contributed by atoms with Gasteiger partial charge in [0.05, 0.1) is 34.4 Å². The summed E-state index contributed by atoms with van der Waals surface area (Å²) in [6.45, 7) is 3.92. The molecule has 0 aromatic rings. The summed E-state index contributed by atoms with van der Waals surface area (Å²) in [5.41, 5.74) is 0. The molecule has 0 aliphatic heterocycles. The van der Waals surface area contributed by atoms with Gasteiger partial charge in [-0.05, 0) is 32.1 Å². The van der Waals surface area contributed by atoms with Crippen LogP contribution in [0.25, 0.3) is 0 Å². The first-order chi connectivity index (χ1) is 15.3. The van der Waals surface area contributed by atoms with Crippen LogP contribution in [0.5, 0.6) is 0 Å². The predicted molar refractivity (Wildman–Crippen MR) is 133 cm³/mol. The van der Waals surface area contributed by atoms with Crippen LogP contribution < -0.4 is 4.89 Å². The van der Waals surface area contributed by atoms with Gasteiger partial charge in [-0.1, -0.05) is 76.9 Å². The molecule has 0 spiro atoms. The van der Waals surface area contributed by atoms with Crippen LogP contribution in [0.15, 0.2) is 12.2 Å². The van der Waals surface area contributed by atoms with Gasteiger partial charge in [-0.25, -0.2) is 0 Å². The monoisotopic (exact) mass is 477 g/mol. The molecule has 0 saturated carbocycles. The number of quaternary nitrogens is 1. The Bertz CT molecular complexity index is 479. The highest BCUT2D eigenvalue weighted by atomic mass is 31.2. The van der Waals surface area contributed by atoms with Crippen molar-refractivity contribution in [2.75, 3.05) is 54.1 Å². The summed E-state index contributed by atoms with van der Waals surface area (Å²) in [4.78, 5) is 11.6. The van der Waals surface area contributed by atoms with Crippen molar-refractivity contribution in [3.05, 3.63) is 12.2 Å². The quantitative estimate of drug-likeness (QED) is 0.0711. The molecule has 7 heteroatoms. The Labute approximate surface area is 198 Å². The van der Waals surface area contributed by atoms with Crippen molar-refractivity contribution in [3.8, 4) is 0 Å². The van der Waals surface area contributed by atoms with Gasteiger partial charge in [-0.15, -0.1) is 0 Å². The molecule has 0 aliphatic carbocycles. The number of phosphoric ester groups is 1. The third kappa shape index (κ3) is 26.0. The van der Waals surface area contributed by atoms with Crippen LogP contribution in [0.1, 0.15) is 96.8 Å². The number of hydrogen-bond donors (Lipinski definition) is 0. The molecule has 192 valence electrons. The molecule has 0 rings (SSSR count). The minimum Gasteiger partial charge on any atom is -0.756 e. The normalized spacial score (nSPS) is 14.3. The molecule has 0 N–H and O–H groups in total. The molecule has 1 unspecified atom stereocenters. The average Bonchev–Trinajstić information content (AvgIpc) is 2.71. The van der Waals surface area contributed by atoms with Gasteiger partial charge < -0.3 is 23.2 Å². The summed E-state index contributed by atoms with van der Waals surface area (Å²) in [6, 6.07) is 0. The topological polar surface area (TPSA) is 67.8 Å². The van der Waals surface area contributed by atoms with Crippen molar-refractivity contribution in [2.45, 2.75) is 96.8 Å². The predicted octanol–water partition coefficient (Wildman–Crippen LogP) is 6.25. The summed E-state index contributed by atoms with van der Waals surface area (Å²) in [7, 11) is 1.71. The van der Waals surface area contributed by atoms with E-state index in [0.717, 1.165) is 12.8 Å². The molecule has 0 saturated heterocycles. The molecule has 0 radical (unpaired) electrons. The number of nitrogens with zero attached hydrogens (tertiary/aromatic N) is 1. The van der Waals surface area contributed by atoms with E-state index in [1.165, 1.54) is 77.0 Å². The van der Waals surface area contributed by atoms with E-state index < -0.39 is 7.82 Å². The lowest BCUT2D eigenvalue weighted by molar-refractivity contribution is -0.870. The fraction of sp³-hybridized carbons (Fsp3) is 0.920. The smallest absolute Gasteiger partial charge is 0.268 e. The van der Waals surface area contributed by atoms with Gasteiger partial charge in [0.15, 0.2) is 0 Å². The standard InChI is InChI=1S/C25H52NO5P/c1-5-6-7-8-9-10-11-12-13-14-15-16-17-18-19-20-22-29-24-25-31-32(27,28)30-23-21-26(2,3)4/h12-13H,5-11,14-25H2,1-4H3. The van der Waals surface area contributed by atoms with Gasteiger partial charge in [0.25, 0.3) is 7.82 Å². The third-order valence-electron chi connectivity index (χ3n) is 5.29. The Morgan fingerprint density at radius 1 is 0.688 bits per heavy atom. The van der Waals surface area contributed by atoms with E-state index in [2.05, 4.69) is 19.1 Å². The summed E-state index contributed by atoms with van der Waals surface area (Å²) >= 11 is 0. The summed E-state index contributed by atoms with van der Waals surface area (Å²) in [6.07, 6.45) is 22.7. The van der Waals surface area contributed by atoms with E-state index in [0.29, 0.717) is 17.6 Å². The summed E-state index contributed by atoms with van der Waals surface area (Å²) < 4.78 is 27.4. The van der Waals surface area contributed by atoms with Gasteiger partial charge in [0, 0.05) is 6.61 Å². The van der Waals surface area contributed by atoms with E-state index in [9.17, 15) is 9.46 Å². The second-order valence-corrected chi connectivity index (χ2v) is 11.1. The maximum Gasteiger partial charge on any atom is 0.268 e. The Balaban J connectivity index is 3.31. The highest BCUT2D eigenvalue weighted by molar-refractivity contribution is 7.45. The molecule has 1 atom stereocenters. The number of phosphoric acid groups is 1. The molecule has 0 aliphatic rings. The van der Waals surface area contributed by atoms with E-state index in [-0.39, 0.29) is 19.8 Å². The lowest BCUT2D eigenvalue weighted by atomic mass is 10.1. The Hall–Kier alpha value is -0.230. The van der Waals surface area contributed by atoms with Crippen LogP contribution in [0.2, 0.25) is 0 Å². The number of unbranched alkanes of at least 4 members (excludes halogenated alkanes) is 12. The molecule has 0 amide bonds. The van der Waals surface area contributed by atoms with Crippen molar-refractivity contribution < 1.29 is 27.7 Å². The van der Waals surface area contributed by atoms with E-state index in [4.69, 9.17) is 13.8 Å². The van der Waals surface area contributed by atoms with Gasteiger partial charge in [0.1, 0.15) is 13.2 Å². The molecular weight excluding hydrogens is 425 g/mol. The van der Waals surface area contributed by atoms with Crippen LogP contribution in [-0.4, -0.2) is 58.6 Å². The first-order valence-corrected chi connectivity index (χ1v) is 14.4. The van der Waals surface area contributed by atoms with Crippen LogP contribution in [0.3, 0.4) is 0 Å². The lowest BCUT2D eigenvalue weighted by Gasteiger charge is -2.27. The molecule has 6 nitrogen and oxygen atoms in total. The zero-order valence-corrected chi connectivity index (χ0v) is 22.4. The first-order valence-electron chi connectivity index (χ1n) is 12.9. The summed E-state index contributed by atoms with van der Waals surface area (Å²) in [5.74, 6) is 0. The number of hydrogen-bond acceptors (Lipinski definition) is 5. The molecule has 0 aromatic carbocycles. The zero-order valence-electron chi connectivity index (χ0n) is 21.5. The molecule has 32 heavy (non-hydrogen) atoms. The van der Waals surface area contributed by atoms with Gasteiger partial charge in [-0.3, -0.25) is 4.57 Å². The number of allylic oxidation sites excluding steroid dienone is 2. The van der Waals surface area contributed by atoms with Crippen LogP contribution in [0.4, 0.5) is 0 Å². The van der Waals surface area contributed by atoms with E-state index >= 15 is 0 Å². The fourth-order valence-electron chi connectivity index (χ4n) is 3.23. The number of likely N-dealkylation sites (N-methyl/N-ethyl adjacent to an activating group) is 1. The first kappa shape index (κ1) is 31.8. The highest BCUT2D eigenvalue weighted by Gasteiger charge is 2.13. The lowest BCUT2D eigenvalue weighted by Crippen LogP contribution is -2.37. The second kappa shape index (κ2) is 21.3. The van der Waals surface area contributed by atoms with E-state index in [1.807, 2.05) is 21.1 Å². The average molecular weight is 478 g/mol. The van der Waals surface area contributed by atoms with Gasteiger partial charge in [-0.2, -0.15) is 0 Å². The zero-order chi connectivity index (χ0) is 24.0. The van der Waals surface area contributed by atoms with Crippen LogP contribution >= 0.6 is 7.82 Å². The Morgan fingerprint density at radius 2 is 1.19 bits per heavy atom. The number of ether oxygens (including phenoxy) is 1. The maximum atomic E-state index is 11.6. The minimum absolute atomic E-state index is 0.0114. The van der Waals surface area contributed by atoms with Crippen molar-refractivity contribution in [2.24, 2.45) is 0 Å². The largest absolute Gasteiger partial charge is 0.756 e. The van der Waals surface area contributed by atoms with Gasteiger partial charge in [0.2, 0.25) is 0 Å². The molecule has 0 bridgehead atoms. The second-order valence-electron chi connectivity index (χ2n) is 9.68. The van der Waals surface area contributed by atoms with Crippen molar-refractivity contribution in [3.63, 3.8) is 0 Å². The van der Waals surface area contributed by atoms with Crippen molar-refractivity contribution in [1.29, 1.82) is 0 Å². The van der Waals surface area contributed by atoms with Crippen molar-refractivity contribution >= 4 is 7.82 Å². The Morgan fingerprint density at radius 3 is 1.75 bits per heavy atom. The van der Waals surface area contributed by atoms with Crippen LogP contribution in [0, 0.1) is 0 Å². The SMILES string of the molecule is CCCCCCCCC=CCCCCCCCCOCCOP(=O)([O-])OCC[N+](C)(C)C. The maximum absolute atomic E-state index is 11.6. The van der Waals surface area contributed by atoms with Gasteiger partial charge >= 0.3 is 0 Å². The van der Waals surface area contributed by atoms with E-state index in [1.54, 1.807) is 0 Å². The highest BCUT2D eigenvalue weighted by Crippen LogP contribution is 2.37. The fourth-order valence-corrected chi connectivity index (χ4v) is 3.90. The summed E-state index contributed by atoms with van der Waals surface area (Å²) in [5, 5.41) is 0. The number of rotatable bonds is 24. The Kier molecular flexibility index (Phi) is 21.2. The molecule has 0 aromatic heterocycles. The third-order valence-corrected chi connectivity index (χ3v) is 6.29. The molecule has 0 fully saturated rings. The minimum atomic E-state index is -4.22. The molecule has 0 heterocycles.